The van der Waals surface area contributed by atoms with Crippen molar-refractivity contribution in [3.63, 3.8) is 0 Å². The normalized spacial score (nSPS) is 10.5. The Hall–Kier alpha value is -2.08. The number of aryl methyl sites for hydroxylation is 2. The predicted octanol–water partition coefficient (Wildman–Crippen LogP) is 2.37. The molecule has 0 spiro atoms. The fraction of sp³-hybridized carbons (Fsp3) is 0.267. The van der Waals surface area contributed by atoms with Gasteiger partial charge in [0.25, 0.3) is 11.5 Å². The standard InChI is InChI=1S/C15H17N3O2S/c1-9-5-6-11(7-10(9)2)17-13(19)12-8-16-15(21-4)18(3)14(12)20/h5-8H,1-4H3,(H,17,19). The first kappa shape index (κ1) is 15.3. The van der Waals surface area contributed by atoms with Gasteiger partial charge in [0.1, 0.15) is 5.56 Å². The van der Waals surface area contributed by atoms with Crippen molar-refractivity contribution in [3.8, 4) is 0 Å². The third-order valence-electron chi connectivity index (χ3n) is 3.32. The number of amides is 1. The smallest absolute Gasteiger partial charge is 0.266 e. The lowest BCUT2D eigenvalue weighted by molar-refractivity contribution is 0.102. The van der Waals surface area contributed by atoms with E-state index < -0.39 is 5.91 Å². The Kier molecular flexibility index (Phi) is 4.47. The molecule has 110 valence electrons. The summed E-state index contributed by atoms with van der Waals surface area (Å²) in [6.45, 7) is 3.97. The number of thioether (sulfide) groups is 1. The van der Waals surface area contributed by atoms with Crippen LogP contribution in [-0.2, 0) is 7.05 Å². The summed E-state index contributed by atoms with van der Waals surface area (Å²) in [5, 5.41) is 3.30. The molecule has 0 aliphatic heterocycles. The number of carbonyl (C=O) groups is 1. The molecule has 1 heterocycles. The van der Waals surface area contributed by atoms with E-state index in [-0.39, 0.29) is 11.1 Å². The van der Waals surface area contributed by atoms with E-state index >= 15 is 0 Å². The molecule has 6 heteroatoms. The zero-order valence-corrected chi connectivity index (χ0v) is 13.2. The molecule has 0 radical (unpaired) electrons. The summed E-state index contributed by atoms with van der Waals surface area (Å²) in [6.07, 6.45) is 3.15. The molecule has 0 aliphatic rings. The summed E-state index contributed by atoms with van der Waals surface area (Å²) in [6, 6.07) is 5.62. The topological polar surface area (TPSA) is 64.0 Å². The first-order chi connectivity index (χ1) is 9.93. The van der Waals surface area contributed by atoms with Gasteiger partial charge >= 0.3 is 0 Å². The van der Waals surface area contributed by atoms with E-state index in [1.54, 1.807) is 7.05 Å². The van der Waals surface area contributed by atoms with E-state index in [1.165, 1.54) is 22.5 Å². The summed E-state index contributed by atoms with van der Waals surface area (Å²) in [4.78, 5) is 28.5. The van der Waals surface area contributed by atoms with Crippen molar-refractivity contribution in [1.82, 2.24) is 9.55 Å². The Morgan fingerprint density at radius 2 is 2.00 bits per heavy atom. The molecule has 0 saturated carbocycles. The number of carbonyl (C=O) groups excluding carboxylic acids is 1. The SMILES string of the molecule is CSc1ncc(C(=O)Nc2ccc(C)c(C)c2)c(=O)n1C. The minimum atomic E-state index is -0.445. The summed E-state index contributed by atoms with van der Waals surface area (Å²) in [5.74, 6) is -0.445. The zero-order valence-electron chi connectivity index (χ0n) is 12.4. The second kappa shape index (κ2) is 6.13. The highest BCUT2D eigenvalue weighted by Crippen LogP contribution is 2.15. The van der Waals surface area contributed by atoms with E-state index in [0.29, 0.717) is 10.8 Å². The molecule has 0 saturated heterocycles. The maximum Gasteiger partial charge on any atom is 0.266 e. The van der Waals surface area contributed by atoms with E-state index in [4.69, 9.17) is 0 Å². The number of aromatic nitrogens is 2. The van der Waals surface area contributed by atoms with Crippen LogP contribution >= 0.6 is 11.8 Å². The Morgan fingerprint density at radius 1 is 1.29 bits per heavy atom. The first-order valence-electron chi connectivity index (χ1n) is 6.42. The Balaban J connectivity index is 2.30. The van der Waals surface area contributed by atoms with Crippen molar-refractivity contribution < 1.29 is 4.79 Å². The Bertz CT molecular complexity index is 753. The van der Waals surface area contributed by atoms with Crippen LogP contribution in [0.4, 0.5) is 5.69 Å². The number of hydrogen-bond acceptors (Lipinski definition) is 4. The van der Waals surface area contributed by atoms with Gasteiger partial charge in [-0.1, -0.05) is 17.8 Å². The molecular weight excluding hydrogens is 286 g/mol. The molecule has 2 aromatic rings. The molecule has 1 amide bonds. The van der Waals surface area contributed by atoms with E-state index in [0.717, 1.165) is 11.1 Å². The molecule has 0 atom stereocenters. The summed E-state index contributed by atoms with van der Waals surface area (Å²) in [7, 11) is 1.61. The summed E-state index contributed by atoms with van der Waals surface area (Å²) in [5.41, 5.74) is 2.58. The van der Waals surface area contributed by atoms with Gasteiger partial charge in [0, 0.05) is 18.9 Å². The largest absolute Gasteiger partial charge is 0.322 e. The van der Waals surface area contributed by atoms with Crippen molar-refractivity contribution in [2.45, 2.75) is 19.0 Å². The summed E-state index contributed by atoms with van der Waals surface area (Å²) < 4.78 is 1.37. The van der Waals surface area contributed by atoms with Gasteiger partial charge in [-0.05, 0) is 43.4 Å². The van der Waals surface area contributed by atoms with Crippen LogP contribution in [0.15, 0.2) is 34.3 Å². The first-order valence-corrected chi connectivity index (χ1v) is 7.65. The molecule has 0 fully saturated rings. The molecule has 1 N–H and O–H groups in total. The minimum absolute atomic E-state index is 0.0357. The van der Waals surface area contributed by atoms with Crippen LogP contribution < -0.4 is 10.9 Å². The van der Waals surface area contributed by atoms with Gasteiger partial charge in [-0.2, -0.15) is 0 Å². The van der Waals surface area contributed by atoms with Gasteiger partial charge in [-0.25, -0.2) is 4.98 Å². The van der Waals surface area contributed by atoms with E-state index in [2.05, 4.69) is 10.3 Å². The van der Waals surface area contributed by atoms with Crippen LogP contribution in [-0.4, -0.2) is 21.7 Å². The third kappa shape index (κ3) is 3.16. The molecular formula is C15H17N3O2S. The highest BCUT2D eigenvalue weighted by atomic mass is 32.2. The van der Waals surface area contributed by atoms with E-state index in [9.17, 15) is 9.59 Å². The maximum atomic E-state index is 12.2. The second-order valence-electron chi connectivity index (χ2n) is 4.78. The lowest BCUT2D eigenvalue weighted by atomic mass is 10.1. The number of rotatable bonds is 3. The van der Waals surface area contributed by atoms with Gasteiger partial charge in [-0.15, -0.1) is 0 Å². The highest BCUT2D eigenvalue weighted by molar-refractivity contribution is 7.98. The van der Waals surface area contributed by atoms with Crippen LogP contribution in [0, 0.1) is 13.8 Å². The maximum absolute atomic E-state index is 12.2. The molecule has 0 bridgehead atoms. The summed E-state index contributed by atoms with van der Waals surface area (Å²) >= 11 is 1.36. The van der Waals surface area contributed by atoms with Crippen molar-refractivity contribution in [2.75, 3.05) is 11.6 Å². The number of anilines is 1. The second-order valence-corrected chi connectivity index (χ2v) is 5.55. The third-order valence-corrected chi connectivity index (χ3v) is 4.06. The van der Waals surface area contributed by atoms with E-state index in [1.807, 2.05) is 38.3 Å². The van der Waals surface area contributed by atoms with Crippen LogP contribution in [0.2, 0.25) is 0 Å². The number of hydrogen-bond donors (Lipinski definition) is 1. The average molecular weight is 303 g/mol. The van der Waals surface area contributed by atoms with Crippen molar-refractivity contribution in [3.05, 3.63) is 51.4 Å². The van der Waals surface area contributed by atoms with Gasteiger partial charge in [0.05, 0.1) is 0 Å². The van der Waals surface area contributed by atoms with Crippen LogP contribution in [0.3, 0.4) is 0 Å². The molecule has 2 rings (SSSR count). The molecule has 21 heavy (non-hydrogen) atoms. The fourth-order valence-corrected chi connectivity index (χ4v) is 2.41. The van der Waals surface area contributed by atoms with Gasteiger partial charge in [-0.3, -0.25) is 14.2 Å². The van der Waals surface area contributed by atoms with Gasteiger partial charge in [0.15, 0.2) is 5.16 Å². The van der Waals surface area contributed by atoms with Crippen molar-refractivity contribution in [1.29, 1.82) is 0 Å². The number of nitrogens with zero attached hydrogens (tertiary/aromatic N) is 2. The number of benzene rings is 1. The lowest BCUT2D eigenvalue weighted by Crippen LogP contribution is -2.29. The monoisotopic (exact) mass is 303 g/mol. The minimum Gasteiger partial charge on any atom is -0.322 e. The molecule has 5 nitrogen and oxygen atoms in total. The lowest BCUT2D eigenvalue weighted by Gasteiger charge is -2.09. The molecule has 1 aromatic heterocycles. The number of nitrogens with one attached hydrogen (secondary N) is 1. The average Bonchev–Trinajstić information content (AvgIpc) is 2.45. The fourth-order valence-electron chi connectivity index (χ4n) is 1.89. The Labute approximate surface area is 127 Å². The Morgan fingerprint density at radius 3 is 2.62 bits per heavy atom. The van der Waals surface area contributed by atoms with Gasteiger partial charge < -0.3 is 5.32 Å². The zero-order chi connectivity index (χ0) is 15.6. The highest BCUT2D eigenvalue weighted by Gasteiger charge is 2.14. The quantitative estimate of drug-likeness (QED) is 0.698. The molecule has 1 aromatic carbocycles. The molecule has 0 unspecified atom stereocenters. The van der Waals surface area contributed by atoms with Gasteiger partial charge in [0.2, 0.25) is 0 Å². The van der Waals surface area contributed by atoms with Crippen molar-refractivity contribution in [2.24, 2.45) is 7.05 Å². The van der Waals surface area contributed by atoms with Crippen LogP contribution in [0.1, 0.15) is 21.5 Å². The van der Waals surface area contributed by atoms with Crippen LogP contribution in [0.25, 0.3) is 0 Å². The van der Waals surface area contributed by atoms with Crippen molar-refractivity contribution >= 4 is 23.4 Å². The molecule has 0 aliphatic carbocycles. The van der Waals surface area contributed by atoms with Crippen LogP contribution in [0.5, 0.6) is 0 Å². The predicted molar refractivity (Wildman–Crippen MR) is 85.1 cm³/mol.